The lowest BCUT2D eigenvalue weighted by atomic mass is 10.2. The van der Waals surface area contributed by atoms with Gasteiger partial charge in [-0.05, 0) is 32.0 Å². The number of imidazole rings is 1. The number of nitrogens with one attached hydrogen (secondary N) is 1. The summed E-state index contributed by atoms with van der Waals surface area (Å²) in [5.74, 6) is -0.669. The molecule has 0 fully saturated rings. The minimum absolute atomic E-state index is 0.331. The first-order valence-electron chi connectivity index (χ1n) is 5.43. The second-order valence-electron chi connectivity index (χ2n) is 3.76. The molecule has 0 bridgehead atoms. The number of aromatic amines is 1. The van der Waals surface area contributed by atoms with E-state index in [0.29, 0.717) is 23.5 Å². The number of esters is 1. The highest BCUT2D eigenvalue weighted by Gasteiger charge is 2.20. The average Bonchev–Trinajstić information content (AvgIpc) is 2.71. The molecule has 0 aliphatic carbocycles. The van der Waals surface area contributed by atoms with Gasteiger partial charge in [-0.3, -0.25) is 4.79 Å². The first-order valence-corrected chi connectivity index (χ1v) is 5.43. The van der Waals surface area contributed by atoms with Crippen molar-refractivity contribution in [2.45, 2.75) is 19.8 Å². The second kappa shape index (κ2) is 4.53. The predicted molar refractivity (Wildman–Crippen MR) is 61.1 cm³/mol. The van der Waals surface area contributed by atoms with Crippen LogP contribution in [0.4, 0.5) is 4.39 Å². The van der Waals surface area contributed by atoms with Crippen molar-refractivity contribution in [2.75, 3.05) is 6.61 Å². The Kier molecular flexibility index (Phi) is 3.08. The lowest BCUT2D eigenvalue weighted by Gasteiger charge is -2.06. The summed E-state index contributed by atoms with van der Waals surface area (Å²) in [4.78, 5) is 18.7. The number of carbonyl (C=O) groups is 1. The number of nitrogens with zero attached hydrogens (tertiary/aromatic N) is 1. The van der Waals surface area contributed by atoms with Gasteiger partial charge in [-0.1, -0.05) is 0 Å². The van der Waals surface area contributed by atoms with Gasteiger partial charge < -0.3 is 9.72 Å². The quantitative estimate of drug-likeness (QED) is 0.832. The number of halogens is 1. The summed E-state index contributed by atoms with van der Waals surface area (Å²) in [5.41, 5.74) is 1.22. The molecular weight excluding hydrogens is 223 g/mol. The Hall–Kier alpha value is -1.91. The fraction of sp³-hybridized carbons (Fsp3) is 0.333. The van der Waals surface area contributed by atoms with Crippen molar-refractivity contribution in [1.82, 2.24) is 9.97 Å². The van der Waals surface area contributed by atoms with E-state index < -0.39 is 5.92 Å². The Morgan fingerprint density at radius 2 is 2.35 bits per heavy atom. The van der Waals surface area contributed by atoms with E-state index in [4.69, 9.17) is 4.74 Å². The van der Waals surface area contributed by atoms with Crippen molar-refractivity contribution >= 4 is 17.0 Å². The van der Waals surface area contributed by atoms with Gasteiger partial charge in [0.2, 0.25) is 0 Å². The number of H-pyrrole nitrogens is 1. The van der Waals surface area contributed by atoms with Crippen LogP contribution in [0.25, 0.3) is 11.0 Å². The lowest BCUT2D eigenvalue weighted by Crippen LogP contribution is -2.14. The third-order valence-electron chi connectivity index (χ3n) is 2.51. The highest BCUT2D eigenvalue weighted by Crippen LogP contribution is 2.19. The molecule has 0 spiro atoms. The fourth-order valence-corrected chi connectivity index (χ4v) is 1.59. The highest BCUT2D eigenvalue weighted by molar-refractivity contribution is 5.80. The fourth-order valence-electron chi connectivity index (χ4n) is 1.59. The topological polar surface area (TPSA) is 55.0 Å². The van der Waals surface area contributed by atoms with E-state index in [-0.39, 0.29) is 11.8 Å². The summed E-state index contributed by atoms with van der Waals surface area (Å²) >= 11 is 0. The SMILES string of the molecule is CCOC(=O)C(C)c1nc2ccc(F)cc2[nH]1. The molecule has 0 saturated heterocycles. The second-order valence-corrected chi connectivity index (χ2v) is 3.76. The van der Waals surface area contributed by atoms with E-state index in [0.717, 1.165) is 0 Å². The number of carbonyl (C=O) groups excluding carboxylic acids is 1. The molecule has 2 aromatic rings. The average molecular weight is 236 g/mol. The Balaban J connectivity index is 2.33. The van der Waals surface area contributed by atoms with Crippen LogP contribution in [0.3, 0.4) is 0 Å². The molecule has 4 nitrogen and oxygen atoms in total. The number of hydrogen-bond donors (Lipinski definition) is 1. The summed E-state index contributed by atoms with van der Waals surface area (Å²) in [6.07, 6.45) is 0. The zero-order valence-corrected chi connectivity index (χ0v) is 9.66. The molecule has 1 unspecified atom stereocenters. The molecule has 90 valence electrons. The van der Waals surface area contributed by atoms with E-state index in [1.165, 1.54) is 12.1 Å². The molecule has 0 radical (unpaired) electrons. The standard InChI is InChI=1S/C12H13FN2O2/c1-3-17-12(16)7(2)11-14-9-5-4-8(13)6-10(9)15-11/h4-7H,3H2,1-2H3,(H,14,15). The van der Waals surface area contributed by atoms with Crippen molar-refractivity contribution in [2.24, 2.45) is 0 Å². The van der Waals surface area contributed by atoms with Crippen LogP contribution in [0.1, 0.15) is 25.6 Å². The van der Waals surface area contributed by atoms with Crippen LogP contribution in [0, 0.1) is 5.82 Å². The first-order chi connectivity index (χ1) is 8.11. The minimum Gasteiger partial charge on any atom is -0.465 e. The molecule has 1 N–H and O–H groups in total. The molecule has 5 heteroatoms. The molecule has 0 amide bonds. The van der Waals surface area contributed by atoms with Crippen molar-refractivity contribution in [3.05, 3.63) is 29.8 Å². The van der Waals surface area contributed by atoms with Gasteiger partial charge >= 0.3 is 5.97 Å². The van der Waals surface area contributed by atoms with Gasteiger partial charge in [0.05, 0.1) is 17.6 Å². The third-order valence-corrected chi connectivity index (χ3v) is 2.51. The third kappa shape index (κ3) is 2.27. The maximum atomic E-state index is 13.0. The van der Waals surface area contributed by atoms with Crippen molar-refractivity contribution < 1.29 is 13.9 Å². The predicted octanol–water partition coefficient (Wildman–Crippen LogP) is 2.37. The van der Waals surface area contributed by atoms with Gasteiger partial charge in [0, 0.05) is 0 Å². The smallest absolute Gasteiger partial charge is 0.316 e. The van der Waals surface area contributed by atoms with Crippen LogP contribution in [-0.4, -0.2) is 22.5 Å². The molecule has 1 heterocycles. The minimum atomic E-state index is -0.481. The molecule has 1 aromatic carbocycles. The molecule has 2 rings (SSSR count). The number of benzene rings is 1. The van der Waals surface area contributed by atoms with Crippen LogP contribution in [0.15, 0.2) is 18.2 Å². The summed E-state index contributed by atoms with van der Waals surface area (Å²) in [6, 6.07) is 4.26. The summed E-state index contributed by atoms with van der Waals surface area (Å²) < 4.78 is 17.9. The van der Waals surface area contributed by atoms with E-state index >= 15 is 0 Å². The summed E-state index contributed by atoms with van der Waals surface area (Å²) in [5, 5.41) is 0. The summed E-state index contributed by atoms with van der Waals surface area (Å²) in [6.45, 7) is 3.78. The van der Waals surface area contributed by atoms with Gasteiger partial charge in [-0.25, -0.2) is 9.37 Å². The Morgan fingerprint density at radius 1 is 1.59 bits per heavy atom. The zero-order chi connectivity index (χ0) is 12.4. The number of rotatable bonds is 3. The normalized spacial score (nSPS) is 12.6. The van der Waals surface area contributed by atoms with Crippen molar-refractivity contribution in [3.63, 3.8) is 0 Å². The lowest BCUT2D eigenvalue weighted by molar-refractivity contribution is -0.144. The maximum Gasteiger partial charge on any atom is 0.316 e. The van der Waals surface area contributed by atoms with E-state index in [1.807, 2.05) is 0 Å². The molecule has 0 saturated carbocycles. The highest BCUT2D eigenvalue weighted by atomic mass is 19.1. The molecule has 0 aliphatic rings. The molecule has 1 aromatic heterocycles. The zero-order valence-electron chi connectivity index (χ0n) is 9.66. The molecule has 17 heavy (non-hydrogen) atoms. The van der Waals surface area contributed by atoms with Crippen LogP contribution in [0.5, 0.6) is 0 Å². The van der Waals surface area contributed by atoms with E-state index in [2.05, 4.69) is 9.97 Å². The molecule has 1 atom stereocenters. The van der Waals surface area contributed by atoms with Gasteiger partial charge in [-0.15, -0.1) is 0 Å². The Morgan fingerprint density at radius 3 is 3.06 bits per heavy atom. The van der Waals surface area contributed by atoms with E-state index in [9.17, 15) is 9.18 Å². The number of fused-ring (bicyclic) bond motifs is 1. The number of aromatic nitrogens is 2. The van der Waals surface area contributed by atoms with Crippen LogP contribution in [-0.2, 0) is 9.53 Å². The van der Waals surface area contributed by atoms with Gasteiger partial charge in [0.25, 0.3) is 0 Å². The van der Waals surface area contributed by atoms with Crippen LogP contribution in [0.2, 0.25) is 0 Å². The number of hydrogen-bond acceptors (Lipinski definition) is 3. The Bertz CT molecular complexity index is 550. The molecular formula is C12H13FN2O2. The first kappa shape index (κ1) is 11.6. The monoisotopic (exact) mass is 236 g/mol. The number of ether oxygens (including phenoxy) is 1. The van der Waals surface area contributed by atoms with Crippen molar-refractivity contribution in [1.29, 1.82) is 0 Å². The Labute approximate surface area is 97.8 Å². The van der Waals surface area contributed by atoms with Gasteiger partial charge in [0.15, 0.2) is 0 Å². The molecule has 0 aliphatic heterocycles. The summed E-state index contributed by atoms with van der Waals surface area (Å²) in [7, 11) is 0. The van der Waals surface area contributed by atoms with Crippen LogP contribution >= 0.6 is 0 Å². The van der Waals surface area contributed by atoms with Crippen LogP contribution < -0.4 is 0 Å². The largest absolute Gasteiger partial charge is 0.465 e. The maximum absolute atomic E-state index is 13.0. The van der Waals surface area contributed by atoms with E-state index in [1.54, 1.807) is 19.9 Å². The van der Waals surface area contributed by atoms with Crippen molar-refractivity contribution in [3.8, 4) is 0 Å². The van der Waals surface area contributed by atoms with Gasteiger partial charge in [0.1, 0.15) is 17.6 Å². The van der Waals surface area contributed by atoms with Gasteiger partial charge in [-0.2, -0.15) is 0 Å².